The number of hydrogen-bond acceptors (Lipinski definition) is 6. The third-order valence-corrected chi connectivity index (χ3v) is 4.71. The van der Waals surface area contributed by atoms with E-state index in [2.05, 4.69) is 25.8 Å². The van der Waals surface area contributed by atoms with Crippen LogP contribution >= 0.6 is 0 Å². The van der Waals surface area contributed by atoms with Gasteiger partial charge in [-0.25, -0.2) is 4.79 Å². The number of hydrogen-bond donors (Lipinski definition) is 2. The predicted molar refractivity (Wildman–Crippen MR) is 117 cm³/mol. The SMILES string of the molecule is CC(C)c1noc(CCCNC(=O)NC(C)c2ccc(OCc3cccnc3)cc2)n1. The number of amides is 2. The van der Waals surface area contributed by atoms with Crippen molar-refractivity contribution in [2.75, 3.05) is 6.54 Å². The zero-order chi connectivity index (χ0) is 22.1. The molecule has 0 aliphatic carbocycles. The van der Waals surface area contributed by atoms with Gasteiger partial charge in [0.15, 0.2) is 5.82 Å². The lowest BCUT2D eigenvalue weighted by molar-refractivity contribution is 0.237. The highest BCUT2D eigenvalue weighted by Gasteiger charge is 2.11. The van der Waals surface area contributed by atoms with Gasteiger partial charge in [-0.1, -0.05) is 37.2 Å². The van der Waals surface area contributed by atoms with Crippen molar-refractivity contribution in [2.24, 2.45) is 0 Å². The first-order valence-corrected chi connectivity index (χ1v) is 10.5. The summed E-state index contributed by atoms with van der Waals surface area (Å²) in [5.74, 6) is 2.32. The predicted octanol–water partition coefficient (Wildman–Crippen LogP) is 4.16. The first kappa shape index (κ1) is 22.3. The highest BCUT2D eigenvalue weighted by atomic mass is 16.5. The molecule has 2 heterocycles. The molecule has 1 unspecified atom stereocenters. The summed E-state index contributed by atoms with van der Waals surface area (Å²) in [5, 5.41) is 9.74. The third-order valence-electron chi connectivity index (χ3n) is 4.71. The molecule has 1 atom stereocenters. The van der Waals surface area contributed by atoms with Gasteiger partial charge in [-0.05, 0) is 37.1 Å². The average molecular weight is 424 g/mol. The zero-order valence-electron chi connectivity index (χ0n) is 18.2. The van der Waals surface area contributed by atoms with E-state index < -0.39 is 0 Å². The minimum atomic E-state index is -0.210. The van der Waals surface area contributed by atoms with Crippen LogP contribution in [0.3, 0.4) is 0 Å². The molecule has 0 saturated carbocycles. The normalized spacial score (nSPS) is 11.9. The highest BCUT2D eigenvalue weighted by Crippen LogP contribution is 2.18. The van der Waals surface area contributed by atoms with Gasteiger partial charge >= 0.3 is 6.03 Å². The van der Waals surface area contributed by atoms with Gasteiger partial charge in [0, 0.05) is 36.8 Å². The van der Waals surface area contributed by atoms with E-state index in [1.165, 1.54) is 0 Å². The van der Waals surface area contributed by atoms with Crippen molar-refractivity contribution >= 4 is 6.03 Å². The van der Waals surface area contributed by atoms with Crippen LogP contribution in [0.2, 0.25) is 0 Å². The molecule has 0 bridgehead atoms. The molecule has 0 radical (unpaired) electrons. The molecule has 0 saturated heterocycles. The summed E-state index contributed by atoms with van der Waals surface area (Å²) in [6.07, 6.45) is 4.88. The van der Waals surface area contributed by atoms with Crippen LogP contribution in [0.1, 0.15) is 62.0 Å². The summed E-state index contributed by atoms with van der Waals surface area (Å²) in [6, 6.07) is 11.2. The molecular formula is C23H29N5O3. The largest absolute Gasteiger partial charge is 0.489 e. The monoisotopic (exact) mass is 423 g/mol. The van der Waals surface area contributed by atoms with Crippen molar-refractivity contribution in [3.63, 3.8) is 0 Å². The van der Waals surface area contributed by atoms with Crippen molar-refractivity contribution < 1.29 is 14.1 Å². The molecule has 3 rings (SSSR count). The van der Waals surface area contributed by atoms with E-state index >= 15 is 0 Å². The molecule has 1 aromatic carbocycles. The van der Waals surface area contributed by atoms with Crippen LogP contribution in [0.4, 0.5) is 4.79 Å². The molecule has 0 aliphatic heterocycles. The minimum Gasteiger partial charge on any atom is -0.489 e. The molecule has 0 aliphatic rings. The Bertz CT molecular complexity index is 941. The Morgan fingerprint density at radius 3 is 2.65 bits per heavy atom. The number of carbonyl (C=O) groups excluding carboxylic acids is 1. The van der Waals surface area contributed by atoms with Gasteiger partial charge in [0.2, 0.25) is 5.89 Å². The Hall–Kier alpha value is -3.42. The maximum atomic E-state index is 12.2. The maximum Gasteiger partial charge on any atom is 0.315 e. The fraction of sp³-hybridized carbons (Fsp3) is 0.391. The van der Waals surface area contributed by atoms with Crippen molar-refractivity contribution in [3.05, 3.63) is 71.6 Å². The van der Waals surface area contributed by atoms with E-state index in [1.54, 1.807) is 12.4 Å². The highest BCUT2D eigenvalue weighted by molar-refractivity contribution is 5.74. The Morgan fingerprint density at radius 1 is 1.16 bits per heavy atom. The number of nitrogens with zero attached hydrogens (tertiary/aromatic N) is 3. The molecule has 8 nitrogen and oxygen atoms in total. The topological polar surface area (TPSA) is 102 Å². The molecule has 31 heavy (non-hydrogen) atoms. The van der Waals surface area contributed by atoms with Crippen LogP contribution in [-0.4, -0.2) is 27.7 Å². The van der Waals surface area contributed by atoms with E-state index in [-0.39, 0.29) is 18.0 Å². The van der Waals surface area contributed by atoms with Crippen LogP contribution < -0.4 is 15.4 Å². The number of nitrogens with one attached hydrogen (secondary N) is 2. The molecule has 0 fully saturated rings. The second-order valence-corrected chi connectivity index (χ2v) is 7.65. The lowest BCUT2D eigenvalue weighted by Gasteiger charge is -2.15. The summed E-state index contributed by atoms with van der Waals surface area (Å²) < 4.78 is 11.0. The van der Waals surface area contributed by atoms with Gasteiger partial charge in [-0.2, -0.15) is 4.98 Å². The Balaban J connectivity index is 1.36. The molecule has 2 aromatic heterocycles. The summed E-state index contributed by atoms with van der Waals surface area (Å²) in [7, 11) is 0. The molecule has 164 valence electrons. The standard InChI is InChI=1S/C23H29N5O3/c1-16(2)22-27-21(31-28-22)7-5-13-25-23(29)26-17(3)19-8-10-20(11-9-19)30-15-18-6-4-12-24-14-18/h4,6,8-12,14,16-17H,5,7,13,15H2,1-3H3,(H2,25,26,29). The van der Waals surface area contributed by atoms with E-state index in [1.807, 2.05) is 57.2 Å². The number of benzene rings is 1. The lowest BCUT2D eigenvalue weighted by Crippen LogP contribution is -2.37. The molecule has 2 amide bonds. The number of ether oxygens (including phenoxy) is 1. The van der Waals surface area contributed by atoms with Crippen LogP contribution in [0, 0.1) is 0 Å². The zero-order valence-corrected chi connectivity index (χ0v) is 18.2. The number of urea groups is 1. The number of aromatic nitrogens is 3. The summed E-state index contributed by atoms with van der Waals surface area (Å²) in [5.41, 5.74) is 2.01. The minimum absolute atomic E-state index is 0.128. The van der Waals surface area contributed by atoms with Crippen molar-refractivity contribution in [3.8, 4) is 5.75 Å². The van der Waals surface area contributed by atoms with Crippen molar-refractivity contribution in [2.45, 2.75) is 52.2 Å². The Morgan fingerprint density at radius 2 is 1.97 bits per heavy atom. The Labute approximate surface area is 182 Å². The van der Waals surface area contributed by atoms with Crippen LogP contribution in [0.15, 0.2) is 53.3 Å². The Kier molecular flexibility index (Phi) is 7.98. The summed E-state index contributed by atoms with van der Waals surface area (Å²) in [4.78, 5) is 20.6. The second kappa shape index (κ2) is 11.1. The van der Waals surface area contributed by atoms with Gasteiger partial charge in [-0.15, -0.1) is 0 Å². The fourth-order valence-corrected chi connectivity index (χ4v) is 2.88. The van der Waals surface area contributed by atoms with Crippen LogP contribution in [0.25, 0.3) is 0 Å². The van der Waals surface area contributed by atoms with Gasteiger partial charge in [0.1, 0.15) is 12.4 Å². The van der Waals surface area contributed by atoms with E-state index in [9.17, 15) is 4.79 Å². The van der Waals surface area contributed by atoms with Gasteiger partial charge in [0.25, 0.3) is 0 Å². The average Bonchev–Trinajstić information content (AvgIpc) is 3.26. The number of carbonyl (C=O) groups is 1. The number of aryl methyl sites for hydroxylation is 1. The summed E-state index contributed by atoms with van der Waals surface area (Å²) in [6.45, 7) is 6.97. The lowest BCUT2D eigenvalue weighted by atomic mass is 10.1. The van der Waals surface area contributed by atoms with Crippen molar-refractivity contribution in [1.82, 2.24) is 25.8 Å². The van der Waals surface area contributed by atoms with Crippen LogP contribution in [-0.2, 0) is 13.0 Å². The molecule has 8 heteroatoms. The number of pyridine rings is 1. The van der Waals surface area contributed by atoms with Gasteiger partial charge in [0.05, 0.1) is 6.04 Å². The molecule has 2 N–H and O–H groups in total. The maximum absolute atomic E-state index is 12.2. The molecular weight excluding hydrogens is 394 g/mol. The molecule has 0 spiro atoms. The molecule has 3 aromatic rings. The van der Waals surface area contributed by atoms with Gasteiger partial charge in [-0.3, -0.25) is 4.98 Å². The fourth-order valence-electron chi connectivity index (χ4n) is 2.88. The van der Waals surface area contributed by atoms with Gasteiger partial charge < -0.3 is 19.9 Å². The quantitative estimate of drug-likeness (QED) is 0.475. The number of rotatable bonds is 10. The third kappa shape index (κ3) is 7.09. The second-order valence-electron chi connectivity index (χ2n) is 7.65. The van der Waals surface area contributed by atoms with Crippen molar-refractivity contribution in [1.29, 1.82) is 0 Å². The first-order valence-electron chi connectivity index (χ1n) is 10.5. The first-order chi connectivity index (χ1) is 15.0. The van der Waals surface area contributed by atoms with E-state index in [0.717, 1.165) is 23.3 Å². The van der Waals surface area contributed by atoms with E-state index in [0.29, 0.717) is 31.3 Å². The smallest absolute Gasteiger partial charge is 0.315 e. The van der Waals surface area contributed by atoms with E-state index in [4.69, 9.17) is 9.26 Å². The summed E-state index contributed by atoms with van der Waals surface area (Å²) >= 11 is 0. The van der Waals surface area contributed by atoms with Crippen LogP contribution in [0.5, 0.6) is 5.75 Å².